The van der Waals surface area contributed by atoms with Gasteiger partial charge in [-0.05, 0) is 73.6 Å². The highest BCUT2D eigenvalue weighted by molar-refractivity contribution is 5.79. The van der Waals surface area contributed by atoms with Gasteiger partial charge in [-0.25, -0.2) is 9.59 Å². The van der Waals surface area contributed by atoms with Gasteiger partial charge in [-0.15, -0.1) is 0 Å². The van der Waals surface area contributed by atoms with Gasteiger partial charge in [0.25, 0.3) is 0 Å². The highest BCUT2D eigenvalue weighted by Gasteiger charge is 2.32. The van der Waals surface area contributed by atoms with Gasteiger partial charge in [0.2, 0.25) is 0 Å². The number of nitrogens with zero attached hydrogens (tertiary/aromatic N) is 1. The van der Waals surface area contributed by atoms with E-state index in [9.17, 15) is 9.59 Å². The van der Waals surface area contributed by atoms with Crippen LogP contribution in [0.3, 0.4) is 0 Å². The highest BCUT2D eigenvalue weighted by atomic mass is 16.6. The van der Waals surface area contributed by atoms with E-state index in [1.165, 1.54) is 5.56 Å². The van der Waals surface area contributed by atoms with E-state index in [4.69, 9.17) is 14.2 Å². The van der Waals surface area contributed by atoms with Crippen LogP contribution in [-0.2, 0) is 16.1 Å². The predicted molar refractivity (Wildman–Crippen MR) is 147 cm³/mol. The molecule has 4 rings (SSSR count). The van der Waals surface area contributed by atoms with Crippen LogP contribution in [0.5, 0.6) is 11.5 Å². The third-order valence-electron chi connectivity index (χ3n) is 6.84. The third kappa shape index (κ3) is 7.15. The summed E-state index contributed by atoms with van der Waals surface area (Å²) in [5.74, 6) is 1.29. The summed E-state index contributed by atoms with van der Waals surface area (Å²) in [6.07, 6.45) is 1.51. The Balaban J connectivity index is 1.35. The second kappa shape index (κ2) is 12.2. The van der Waals surface area contributed by atoms with Crippen LogP contribution < -0.4 is 9.47 Å². The first-order chi connectivity index (χ1) is 18.2. The maximum atomic E-state index is 12.9. The average molecular weight is 516 g/mol. The van der Waals surface area contributed by atoms with Gasteiger partial charge in [0.05, 0.1) is 0 Å². The summed E-state index contributed by atoms with van der Waals surface area (Å²) in [6.45, 7) is 9.10. The zero-order chi connectivity index (χ0) is 27.1. The largest absolute Gasteiger partial charge is 0.476 e. The molecule has 1 heterocycles. The molecule has 1 unspecified atom stereocenters. The summed E-state index contributed by atoms with van der Waals surface area (Å²) >= 11 is 0. The summed E-state index contributed by atoms with van der Waals surface area (Å²) in [5.41, 5.74) is 2.04. The molecule has 38 heavy (non-hydrogen) atoms. The van der Waals surface area contributed by atoms with Gasteiger partial charge in [-0.3, -0.25) is 0 Å². The Hall–Kier alpha value is -3.80. The predicted octanol–water partition coefficient (Wildman–Crippen LogP) is 7.09. The minimum atomic E-state index is -1.15. The molecule has 3 aromatic carbocycles. The lowest BCUT2D eigenvalue weighted by Gasteiger charge is -2.32. The molecule has 200 valence electrons. The zero-order valence-corrected chi connectivity index (χ0v) is 22.7. The first-order valence-corrected chi connectivity index (χ1v) is 13.3. The molecule has 1 atom stereocenters. The monoisotopic (exact) mass is 515 g/mol. The lowest BCUT2D eigenvalue weighted by atomic mass is 9.90. The van der Waals surface area contributed by atoms with Crippen LogP contribution >= 0.6 is 0 Å². The number of esters is 1. The summed E-state index contributed by atoms with van der Waals surface area (Å²) in [7, 11) is 0. The first kappa shape index (κ1) is 27.2. The zero-order valence-electron chi connectivity index (χ0n) is 22.7. The normalized spacial score (nSPS) is 15.7. The minimum Gasteiger partial charge on any atom is -0.476 e. The molecule has 1 aliphatic heterocycles. The van der Waals surface area contributed by atoms with Crippen molar-refractivity contribution >= 4 is 12.1 Å². The van der Waals surface area contributed by atoms with Crippen molar-refractivity contribution in [2.45, 2.75) is 64.6 Å². The van der Waals surface area contributed by atoms with Crippen molar-refractivity contribution < 1.29 is 23.8 Å². The van der Waals surface area contributed by atoms with E-state index in [-0.39, 0.29) is 18.6 Å². The van der Waals surface area contributed by atoms with Gasteiger partial charge in [-0.2, -0.15) is 0 Å². The van der Waals surface area contributed by atoms with Crippen molar-refractivity contribution in [2.24, 2.45) is 0 Å². The van der Waals surface area contributed by atoms with Crippen LogP contribution in [0.15, 0.2) is 78.9 Å². The molecule has 0 saturated carbocycles. The first-order valence-electron chi connectivity index (χ1n) is 13.3. The molecule has 1 fully saturated rings. The number of likely N-dealkylation sites (tertiary alicyclic amines) is 1. The summed E-state index contributed by atoms with van der Waals surface area (Å²) < 4.78 is 17.2. The van der Waals surface area contributed by atoms with Crippen molar-refractivity contribution in [3.05, 3.63) is 95.6 Å². The van der Waals surface area contributed by atoms with Crippen molar-refractivity contribution in [1.82, 2.24) is 4.90 Å². The molecule has 0 spiro atoms. The third-order valence-corrected chi connectivity index (χ3v) is 6.84. The van der Waals surface area contributed by atoms with E-state index >= 15 is 0 Å². The molecule has 0 aliphatic carbocycles. The lowest BCUT2D eigenvalue weighted by Crippen LogP contribution is -2.41. The van der Waals surface area contributed by atoms with E-state index in [0.29, 0.717) is 30.5 Å². The van der Waals surface area contributed by atoms with Gasteiger partial charge >= 0.3 is 12.1 Å². The van der Waals surface area contributed by atoms with Crippen molar-refractivity contribution in [3.63, 3.8) is 0 Å². The molecule has 1 amide bonds. The van der Waals surface area contributed by atoms with E-state index in [1.54, 1.807) is 18.7 Å². The number of rotatable bonds is 8. The number of hydrogen-bond donors (Lipinski definition) is 0. The number of benzene rings is 3. The number of carbonyl (C=O) groups excluding carboxylic acids is 2. The number of ether oxygens (including phenoxy) is 3. The molecule has 1 aliphatic rings. The lowest BCUT2D eigenvalue weighted by molar-refractivity contribution is -0.160. The van der Waals surface area contributed by atoms with Gasteiger partial charge < -0.3 is 19.1 Å². The summed E-state index contributed by atoms with van der Waals surface area (Å²) in [4.78, 5) is 27.4. The van der Waals surface area contributed by atoms with Crippen LogP contribution in [0, 0.1) is 0 Å². The van der Waals surface area contributed by atoms with Crippen LogP contribution in [-0.4, -0.2) is 35.7 Å². The topological polar surface area (TPSA) is 65.1 Å². The maximum absolute atomic E-state index is 12.9. The molecule has 0 N–H and O–H groups in total. The van der Waals surface area contributed by atoms with Crippen molar-refractivity contribution in [2.75, 3.05) is 13.1 Å². The summed E-state index contributed by atoms with van der Waals surface area (Å²) in [6, 6.07) is 25.0. The van der Waals surface area contributed by atoms with E-state index in [2.05, 4.69) is 13.8 Å². The molecule has 6 nitrogen and oxygen atoms in total. The molecule has 1 saturated heterocycles. The molecular formula is C32H37NO5. The molecular weight excluding hydrogens is 478 g/mol. The fourth-order valence-electron chi connectivity index (χ4n) is 4.57. The minimum absolute atomic E-state index is 0.149. The molecule has 0 radical (unpaired) electrons. The molecule has 0 bridgehead atoms. The fraction of sp³-hybridized carbons (Fsp3) is 0.375. The Labute approximate surface area is 225 Å². The van der Waals surface area contributed by atoms with Gasteiger partial charge in [0, 0.05) is 19.0 Å². The number of carbonyl (C=O) groups is 2. The van der Waals surface area contributed by atoms with Crippen molar-refractivity contribution in [1.29, 1.82) is 0 Å². The Kier molecular flexibility index (Phi) is 8.72. The Morgan fingerprint density at radius 2 is 1.68 bits per heavy atom. The highest BCUT2D eigenvalue weighted by Crippen LogP contribution is 2.31. The van der Waals surface area contributed by atoms with E-state index in [1.807, 2.05) is 78.9 Å². The number of hydrogen-bond acceptors (Lipinski definition) is 5. The smallest absolute Gasteiger partial charge is 0.415 e. The molecule has 6 heteroatoms. The maximum Gasteiger partial charge on any atom is 0.415 e. The SMILES string of the molecule is CC(C)c1ccc(OC(=O)N2CCCC(c3cccc(OC(C)(C)C(=O)OCc4ccccc4)c3)C2)cc1. The van der Waals surface area contributed by atoms with Crippen LogP contribution in [0.2, 0.25) is 0 Å². The number of piperidine rings is 1. The summed E-state index contributed by atoms with van der Waals surface area (Å²) in [5, 5.41) is 0. The Morgan fingerprint density at radius 3 is 2.39 bits per heavy atom. The van der Waals surface area contributed by atoms with Crippen molar-refractivity contribution in [3.8, 4) is 11.5 Å². The van der Waals surface area contributed by atoms with Gasteiger partial charge in [-0.1, -0.05) is 68.4 Å². The van der Waals surface area contributed by atoms with Crippen LogP contribution in [0.4, 0.5) is 4.79 Å². The Bertz CT molecular complexity index is 1220. The second-order valence-corrected chi connectivity index (χ2v) is 10.6. The molecule has 3 aromatic rings. The van der Waals surface area contributed by atoms with Gasteiger partial charge in [0.1, 0.15) is 18.1 Å². The van der Waals surface area contributed by atoms with E-state index in [0.717, 1.165) is 24.0 Å². The quantitative estimate of drug-likeness (QED) is 0.300. The number of amides is 1. The fourth-order valence-corrected chi connectivity index (χ4v) is 4.57. The van der Waals surface area contributed by atoms with Crippen LogP contribution in [0.1, 0.15) is 69.1 Å². The Morgan fingerprint density at radius 1 is 0.947 bits per heavy atom. The average Bonchev–Trinajstić information content (AvgIpc) is 2.92. The standard InChI is InChI=1S/C32H37NO5/c1-23(2)25-15-17-28(18-16-25)37-31(35)33-19-9-13-27(21-33)26-12-8-14-29(20-26)38-32(3,4)30(34)36-22-24-10-6-5-7-11-24/h5-8,10-12,14-18,20,23,27H,9,13,19,21-22H2,1-4H3. The molecule has 0 aromatic heterocycles. The second-order valence-electron chi connectivity index (χ2n) is 10.6. The van der Waals surface area contributed by atoms with Gasteiger partial charge in [0.15, 0.2) is 5.60 Å². The van der Waals surface area contributed by atoms with Crippen LogP contribution in [0.25, 0.3) is 0 Å². The van der Waals surface area contributed by atoms with E-state index < -0.39 is 11.6 Å².